The minimum Gasteiger partial charge on any atom is -0.341 e. The van der Waals surface area contributed by atoms with Gasteiger partial charge in [0.1, 0.15) is 0 Å². The SMILES string of the molecule is CN(CC1CCCCC1)C(=O)c1csc(I)c1. The number of nitrogens with zero attached hydrogens (tertiary/aromatic N) is 1. The van der Waals surface area contributed by atoms with Gasteiger partial charge in [-0.25, -0.2) is 0 Å². The normalized spacial score (nSPS) is 17.1. The Morgan fingerprint density at radius 2 is 2.18 bits per heavy atom. The van der Waals surface area contributed by atoms with Gasteiger partial charge in [0, 0.05) is 19.0 Å². The average molecular weight is 363 g/mol. The fourth-order valence-corrected chi connectivity index (χ4v) is 3.80. The largest absolute Gasteiger partial charge is 0.341 e. The van der Waals surface area contributed by atoms with Crippen molar-refractivity contribution in [2.75, 3.05) is 13.6 Å². The molecule has 0 N–H and O–H groups in total. The van der Waals surface area contributed by atoms with Crippen LogP contribution in [0.5, 0.6) is 0 Å². The van der Waals surface area contributed by atoms with Crippen LogP contribution >= 0.6 is 33.9 Å². The van der Waals surface area contributed by atoms with E-state index in [0.29, 0.717) is 0 Å². The second kappa shape index (κ2) is 6.18. The van der Waals surface area contributed by atoms with E-state index in [9.17, 15) is 4.79 Å². The summed E-state index contributed by atoms with van der Waals surface area (Å²) in [6.07, 6.45) is 6.63. The number of halogens is 1. The molecule has 0 radical (unpaired) electrons. The molecule has 17 heavy (non-hydrogen) atoms. The molecule has 0 aliphatic heterocycles. The van der Waals surface area contributed by atoms with Gasteiger partial charge in [0.2, 0.25) is 0 Å². The summed E-state index contributed by atoms with van der Waals surface area (Å²) in [4.78, 5) is 14.1. The van der Waals surface area contributed by atoms with E-state index in [2.05, 4.69) is 22.6 Å². The summed E-state index contributed by atoms with van der Waals surface area (Å²) in [5, 5.41) is 1.96. The molecule has 2 nitrogen and oxygen atoms in total. The van der Waals surface area contributed by atoms with Gasteiger partial charge in [-0.1, -0.05) is 19.3 Å². The molecule has 0 saturated heterocycles. The van der Waals surface area contributed by atoms with Crippen LogP contribution in [0.1, 0.15) is 42.5 Å². The predicted octanol–water partition coefficient (Wildman–Crippen LogP) is 4.01. The summed E-state index contributed by atoms with van der Waals surface area (Å²) in [6.45, 7) is 0.922. The molecule has 0 aromatic carbocycles. The van der Waals surface area contributed by atoms with Crippen LogP contribution in [0.3, 0.4) is 0 Å². The Morgan fingerprint density at radius 1 is 1.47 bits per heavy atom. The molecule has 1 fully saturated rings. The van der Waals surface area contributed by atoms with Crippen LogP contribution in [0.25, 0.3) is 0 Å². The Morgan fingerprint density at radius 3 is 2.76 bits per heavy atom. The summed E-state index contributed by atoms with van der Waals surface area (Å²) < 4.78 is 1.18. The topological polar surface area (TPSA) is 20.3 Å². The highest BCUT2D eigenvalue weighted by Gasteiger charge is 2.19. The molecular weight excluding hydrogens is 345 g/mol. The van der Waals surface area contributed by atoms with E-state index in [1.807, 2.05) is 23.4 Å². The maximum Gasteiger partial charge on any atom is 0.254 e. The lowest BCUT2D eigenvalue weighted by Crippen LogP contribution is -2.32. The summed E-state index contributed by atoms with van der Waals surface area (Å²) in [5.74, 6) is 0.894. The molecule has 4 heteroatoms. The third-order valence-corrected chi connectivity index (χ3v) is 5.21. The number of rotatable bonds is 3. The fraction of sp³-hybridized carbons (Fsp3) is 0.615. The molecule has 1 aromatic rings. The Bertz CT molecular complexity index is 385. The van der Waals surface area contributed by atoms with Crippen LogP contribution in [-0.4, -0.2) is 24.4 Å². The lowest BCUT2D eigenvalue weighted by atomic mass is 9.89. The number of amides is 1. The van der Waals surface area contributed by atoms with Crippen LogP contribution in [-0.2, 0) is 0 Å². The van der Waals surface area contributed by atoms with Gasteiger partial charge < -0.3 is 4.90 Å². The van der Waals surface area contributed by atoms with Crippen molar-refractivity contribution in [2.24, 2.45) is 5.92 Å². The van der Waals surface area contributed by atoms with Crippen molar-refractivity contribution in [1.29, 1.82) is 0 Å². The highest BCUT2D eigenvalue weighted by molar-refractivity contribution is 14.1. The van der Waals surface area contributed by atoms with E-state index >= 15 is 0 Å². The number of carbonyl (C=O) groups excluding carboxylic acids is 1. The van der Waals surface area contributed by atoms with E-state index in [0.717, 1.165) is 18.0 Å². The van der Waals surface area contributed by atoms with Gasteiger partial charge in [0.05, 0.1) is 8.45 Å². The zero-order chi connectivity index (χ0) is 12.3. The maximum atomic E-state index is 12.2. The first-order valence-electron chi connectivity index (χ1n) is 6.16. The molecule has 1 aromatic heterocycles. The van der Waals surface area contributed by atoms with Crippen molar-refractivity contribution in [3.63, 3.8) is 0 Å². The number of carbonyl (C=O) groups is 1. The zero-order valence-electron chi connectivity index (χ0n) is 10.1. The molecule has 2 rings (SSSR count). The van der Waals surface area contributed by atoms with Gasteiger partial charge >= 0.3 is 0 Å². The highest BCUT2D eigenvalue weighted by Crippen LogP contribution is 2.25. The molecule has 94 valence electrons. The van der Waals surface area contributed by atoms with Crippen molar-refractivity contribution < 1.29 is 4.79 Å². The first kappa shape index (κ1) is 13.3. The van der Waals surface area contributed by atoms with E-state index in [1.54, 1.807) is 11.3 Å². The van der Waals surface area contributed by atoms with Crippen LogP contribution in [0.2, 0.25) is 0 Å². The van der Waals surface area contributed by atoms with Crippen molar-refractivity contribution in [2.45, 2.75) is 32.1 Å². The maximum absolute atomic E-state index is 12.2. The Balaban J connectivity index is 1.90. The minimum atomic E-state index is 0.176. The van der Waals surface area contributed by atoms with E-state index in [-0.39, 0.29) is 5.91 Å². The summed E-state index contributed by atoms with van der Waals surface area (Å²) >= 11 is 3.90. The second-order valence-corrected chi connectivity index (χ2v) is 7.63. The average Bonchev–Trinajstić information content (AvgIpc) is 2.76. The Hall–Kier alpha value is -0.100. The Kier molecular flexibility index (Phi) is 4.85. The first-order valence-corrected chi connectivity index (χ1v) is 8.12. The lowest BCUT2D eigenvalue weighted by Gasteiger charge is -2.26. The predicted molar refractivity (Wildman–Crippen MR) is 80.6 cm³/mol. The zero-order valence-corrected chi connectivity index (χ0v) is 13.1. The van der Waals surface area contributed by atoms with Gasteiger partial charge in [-0.3, -0.25) is 4.79 Å². The minimum absolute atomic E-state index is 0.176. The molecule has 0 unspecified atom stereocenters. The van der Waals surface area contributed by atoms with Crippen molar-refractivity contribution >= 4 is 39.8 Å². The monoisotopic (exact) mass is 363 g/mol. The molecule has 0 spiro atoms. The van der Waals surface area contributed by atoms with Gasteiger partial charge in [-0.15, -0.1) is 11.3 Å². The molecule has 1 saturated carbocycles. The van der Waals surface area contributed by atoms with Crippen molar-refractivity contribution in [3.8, 4) is 0 Å². The van der Waals surface area contributed by atoms with Crippen LogP contribution in [0, 0.1) is 8.80 Å². The molecule has 1 heterocycles. The summed E-state index contributed by atoms with van der Waals surface area (Å²) in [6, 6.07) is 1.98. The van der Waals surface area contributed by atoms with Crippen LogP contribution < -0.4 is 0 Å². The number of hydrogen-bond donors (Lipinski definition) is 0. The molecule has 1 amide bonds. The van der Waals surface area contributed by atoms with E-state index in [4.69, 9.17) is 0 Å². The molecule has 0 bridgehead atoms. The molecular formula is C13H18INOS. The number of thiophene rings is 1. The first-order chi connectivity index (χ1) is 8.16. The van der Waals surface area contributed by atoms with E-state index < -0.39 is 0 Å². The van der Waals surface area contributed by atoms with Crippen molar-refractivity contribution in [1.82, 2.24) is 4.90 Å². The third kappa shape index (κ3) is 3.68. The molecule has 0 atom stereocenters. The second-order valence-electron chi connectivity index (χ2n) is 4.83. The third-order valence-electron chi connectivity index (χ3n) is 3.42. The fourth-order valence-electron chi connectivity index (χ4n) is 2.48. The van der Waals surface area contributed by atoms with Crippen molar-refractivity contribution in [3.05, 3.63) is 19.9 Å². The van der Waals surface area contributed by atoms with Gasteiger partial charge in [-0.2, -0.15) is 0 Å². The quantitative estimate of drug-likeness (QED) is 0.744. The lowest BCUT2D eigenvalue weighted by molar-refractivity contribution is 0.0761. The summed E-state index contributed by atoms with van der Waals surface area (Å²) in [7, 11) is 1.93. The van der Waals surface area contributed by atoms with Gasteiger partial charge in [-0.05, 0) is 47.4 Å². The number of hydrogen-bond acceptors (Lipinski definition) is 2. The Labute approximate surface area is 121 Å². The molecule has 1 aliphatic carbocycles. The van der Waals surface area contributed by atoms with Gasteiger partial charge in [0.15, 0.2) is 0 Å². The van der Waals surface area contributed by atoms with Crippen LogP contribution in [0.4, 0.5) is 0 Å². The standard InChI is InChI=1S/C13H18INOS/c1-15(8-10-5-3-2-4-6-10)13(16)11-7-12(14)17-9-11/h7,9-10H,2-6,8H2,1H3. The van der Waals surface area contributed by atoms with E-state index in [1.165, 1.54) is 35.0 Å². The molecule has 1 aliphatic rings. The summed E-state index contributed by atoms with van der Waals surface area (Å²) in [5.41, 5.74) is 0.845. The smallest absolute Gasteiger partial charge is 0.254 e. The van der Waals surface area contributed by atoms with Gasteiger partial charge in [0.25, 0.3) is 5.91 Å². The highest BCUT2D eigenvalue weighted by atomic mass is 127. The van der Waals surface area contributed by atoms with Crippen LogP contribution in [0.15, 0.2) is 11.4 Å².